The highest BCUT2D eigenvalue weighted by Gasteiger charge is 2.32. The first-order chi connectivity index (χ1) is 9.63. The van der Waals surface area contributed by atoms with Crippen LogP contribution in [0.25, 0.3) is 0 Å². The molecule has 3 rings (SSSR count). The summed E-state index contributed by atoms with van der Waals surface area (Å²) in [5.41, 5.74) is 1.99. The second-order valence-electron chi connectivity index (χ2n) is 5.65. The van der Waals surface area contributed by atoms with Gasteiger partial charge in [-0.25, -0.2) is 4.79 Å². The summed E-state index contributed by atoms with van der Waals surface area (Å²) in [6.45, 7) is 5.71. The molecule has 1 aliphatic heterocycles. The number of nitrogens with zero attached hydrogens (tertiary/aromatic N) is 2. The van der Waals surface area contributed by atoms with Gasteiger partial charge >= 0.3 is 6.03 Å². The van der Waals surface area contributed by atoms with E-state index >= 15 is 0 Å². The molecule has 4 nitrogen and oxygen atoms in total. The fourth-order valence-corrected chi connectivity index (χ4v) is 2.90. The Balaban J connectivity index is 1.55. The maximum atomic E-state index is 12.2. The second kappa shape index (κ2) is 5.74. The predicted molar refractivity (Wildman–Crippen MR) is 84.1 cm³/mol. The van der Waals surface area contributed by atoms with Gasteiger partial charge in [-0.1, -0.05) is 15.9 Å². The summed E-state index contributed by atoms with van der Waals surface area (Å²) in [6, 6.07) is 6.70. The SMILES string of the molecule is Cc1cc(NC(=O)N2CCN(C3CC3)CC2)ccc1Br. The first-order valence-electron chi connectivity index (χ1n) is 7.19. The lowest BCUT2D eigenvalue weighted by Gasteiger charge is -2.34. The molecule has 0 radical (unpaired) electrons. The number of hydrogen-bond acceptors (Lipinski definition) is 2. The number of hydrogen-bond donors (Lipinski definition) is 1. The van der Waals surface area contributed by atoms with Crippen LogP contribution < -0.4 is 5.32 Å². The van der Waals surface area contributed by atoms with Crippen LogP contribution in [0.15, 0.2) is 22.7 Å². The molecular weight excluding hydrogens is 318 g/mol. The van der Waals surface area contributed by atoms with Crippen molar-refractivity contribution in [3.8, 4) is 0 Å². The van der Waals surface area contributed by atoms with Crippen molar-refractivity contribution in [2.75, 3.05) is 31.5 Å². The summed E-state index contributed by atoms with van der Waals surface area (Å²) in [7, 11) is 0. The molecule has 1 saturated carbocycles. The van der Waals surface area contributed by atoms with Crippen molar-refractivity contribution in [1.29, 1.82) is 0 Å². The lowest BCUT2D eigenvalue weighted by Crippen LogP contribution is -2.50. The van der Waals surface area contributed by atoms with Crippen LogP contribution in [0.3, 0.4) is 0 Å². The normalized spacial score (nSPS) is 20.0. The van der Waals surface area contributed by atoms with Crippen LogP contribution in [-0.4, -0.2) is 48.1 Å². The number of carbonyl (C=O) groups excluding carboxylic acids is 1. The third kappa shape index (κ3) is 3.15. The van der Waals surface area contributed by atoms with E-state index in [1.165, 1.54) is 12.8 Å². The van der Waals surface area contributed by atoms with E-state index in [9.17, 15) is 4.79 Å². The average molecular weight is 338 g/mol. The van der Waals surface area contributed by atoms with E-state index in [4.69, 9.17) is 0 Å². The summed E-state index contributed by atoms with van der Waals surface area (Å²) < 4.78 is 1.06. The number of nitrogens with one attached hydrogen (secondary N) is 1. The number of halogens is 1. The molecule has 2 amide bonds. The third-order valence-corrected chi connectivity index (χ3v) is 4.96. The summed E-state index contributed by atoms with van der Waals surface area (Å²) in [5, 5.41) is 2.99. The molecule has 1 saturated heterocycles. The molecule has 1 aromatic carbocycles. The van der Waals surface area contributed by atoms with Crippen LogP contribution in [0, 0.1) is 6.92 Å². The van der Waals surface area contributed by atoms with Gasteiger partial charge in [-0.2, -0.15) is 0 Å². The van der Waals surface area contributed by atoms with E-state index in [1.807, 2.05) is 30.0 Å². The Kier molecular flexibility index (Phi) is 3.98. The summed E-state index contributed by atoms with van der Waals surface area (Å²) in [6.07, 6.45) is 2.68. The highest BCUT2D eigenvalue weighted by molar-refractivity contribution is 9.10. The molecule has 0 aromatic heterocycles. The fraction of sp³-hybridized carbons (Fsp3) is 0.533. The van der Waals surface area contributed by atoms with E-state index in [0.717, 1.165) is 47.9 Å². The molecule has 1 N–H and O–H groups in total. The topological polar surface area (TPSA) is 35.6 Å². The number of anilines is 1. The van der Waals surface area contributed by atoms with Gasteiger partial charge in [-0.3, -0.25) is 4.90 Å². The minimum absolute atomic E-state index is 0.0159. The minimum atomic E-state index is 0.0159. The smallest absolute Gasteiger partial charge is 0.321 e. The van der Waals surface area contributed by atoms with Crippen LogP contribution in [-0.2, 0) is 0 Å². The zero-order valence-corrected chi connectivity index (χ0v) is 13.3. The number of amides is 2. The molecular formula is C15H20BrN3O. The third-order valence-electron chi connectivity index (χ3n) is 4.07. The van der Waals surface area contributed by atoms with Gasteiger partial charge < -0.3 is 10.2 Å². The van der Waals surface area contributed by atoms with E-state index in [2.05, 4.69) is 26.1 Å². The van der Waals surface area contributed by atoms with E-state index < -0.39 is 0 Å². The molecule has 0 spiro atoms. The van der Waals surface area contributed by atoms with Crippen molar-refractivity contribution < 1.29 is 4.79 Å². The monoisotopic (exact) mass is 337 g/mol. The maximum absolute atomic E-state index is 12.2. The quantitative estimate of drug-likeness (QED) is 0.900. The molecule has 0 unspecified atom stereocenters. The van der Waals surface area contributed by atoms with Crippen molar-refractivity contribution >= 4 is 27.6 Å². The summed E-state index contributed by atoms with van der Waals surface area (Å²) in [5.74, 6) is 0. The number of urea groups is 1. The molecule has 2 aliphatic rings. The lowest BCUT2D eigenvalue weighted by atomic mass is 10.2. The number of piperazine rings is 1. The van der Waals surface area contributed by atoms with Gasteiger partial charge in [0.05, 0.1) is 0 Å². The zero-order chi connectivity index (χ0) is 14.1. The maximum Gasteiger partial charge on any atom is 0.321 e. The predicted octanol–water partition coefficient (Wildman–Crippen LogP) is 3.07. The van der Waals surface area contributed by atoms with Crippen LogP contribution in [0.1, 0.15) is 18.4 Å². The number of benzene rings is 1. The fourth-order valence-electron chi connectivity index (χ4n) is 2.65. The minimum Gasteiger partial charge on any atom is -0.322 e. The molecule has 5 heteroatoms. The van der Waals surface area contributed by atoms with Crippen LogP contribution in [0.4, 0.5) is 10.5 Å². The van der Waals surface area contributed by atoms with Crippen molar-refractivity contribution in [1.82, 2.24) is 9.80 Å². The lowest BCUT2D eigenvalue weighted by molar-refractivity contribution is 0.142. The van der Waals surface area contributed by atoms with E-state index in [1.54, 1.807) is 0 Å². The molecule has 0 bridgehead atoms. The van der Waals surface area contributed by atoms with Gasteiger partial charge in [0.25, 0.3) is 0 Å². The Hall–Kier alpha value is -1.07. The van der Waals surface area contributed by atoms with Crippen molar-refractivity contribution in [2.45, 2.75) is 25.8 Å². The highest BCUT2D eigenvalue weighted by Crippen LogP contribution is 2.27. The average Bonchev–Trinajstić information content (AvgIpc) is 3.28. The van der Waals surface area contributed by atoms with Crippen LogP contribution in [0.5, 0.6) is 0 Å². The Morgan fingerprint density at radius 1 is 1.25 bits per heavy atom. The Morgan fingerprint density at radius 3 is 2.55 bits per heavy atom. The summed E-state index contributed by atoms with van der Waals surface area (Å²) >= 11 is 3.47. The number of carbonyl (C=O) groups is 1. The van der Waals surface area contributed by atoms with Gasteiger partial charge in [0.1, 0.15) is 0 Å². The summed E-state index contributed by atoms with van der Waals surface area (Å²) in [4.78, 5) is 16.7. The highest BCUT2D eigenvalue weighted by atomic mass is 79.9. The van der Waals surface area contributed by atoms with Crippen molar-refractivity contribution in [3.05, 3.63) is 28.2 Å². The Labute approximate surface area is 128 Å². The molecule has 20 heavy (non-hydrogen) atoms. The second-order valence-corrected chi connectivity index (χ2v) is 6.50. The molecule has 1 aliphatic carbocycles. The standard InChI is InChI=1S/C15H20BrN3O/c1-11-10-12(2-5-14(11)16)17-15(20)19-8-6-18(7-9-19)13-3-4-13/h2,5,10,13H,3-4,6-9H2,1H3,(H,17,20). The number of rotatable bonds is 2. The van der Waals surface area contributed by atoms with Gasteiger partial charge in [-0.05, 0) is 43.5 Å². The van der Waals surface area contributed by atoms with E-state index in [-0.39, 0.29) is 6.03 Å². The molecule has 1 heterocycles. The molecule has 108 valence electrons. The first kappa shape index (κ1) is 13.9. The molecule has 0 atom stereocenters. The van der Waals surface area contributed by atoms with Crippen molar-refractivity contribution in [3.63, 3.8) is 0 Å². The van der Waals surface area contributed by atoms with Gasteiger partial charge in [0.15, 0.2) is 0 Å². The van der Waals surface area contributed by atoms with Gasteiger partial charge in [0.2, 0.25) is 0 Å². The van der Waals surface area contributed by atoms with Gasteiger partial charge in [-0.15, -0.1) is 0 Å². The molecule has 2 fully saturated rings. The molecule has 1 aromatic rings. The largest absolute Gasteiger partial charge is 0.322 e. The Morgan fingerprint density at radius 2 is 1.95 bits per heavy atom. The van der Waals surface area contributed by atoms with Crippen LogP contribution >= 0.6 is 15.9 Å². The number of aryl methyl sites for hydroxylation is 1. The first-order valence-corrected chi connectivity index (χ1v) is 7.99. The zero-order valence-electron chi connectivity index (χ0n) is 11.7. The van der Waals surface area contributed by atoms with Gasteiger partial charge in [0, 0.05) is 42.4 Å². The van der Waals surface area contributed by atoms with Crippen LogP contribution in [0.2, 0.25) is 0 Å². The Bertz CT molecular complexity index is 508. The van der Waals surface area contributed by atoms with E-state index in [0.29, 0.717) is 0 Å². The van der Waals surface area contributed by atoms with Crippen molar-refractivity contribution in [2.24, 2.45) is 0 Å².